The average molecular weight is 282 g/mol. The lowest BCUT2D eigenvalue weighted by molar-refractivity contribution is 0.450. The van der Waals surface area contributed by atoms with Crippen molar-refractivity contribution in [2.45, 2.75) is 45.1 Å². The van der Waals surface area contributed by atoms with Crippen molar-refractivity contribution in [1.29, 1.82) is 0 Å². The lowest BCUT2D eigenvalue weighted by Crippen LogP contribution is -2.15. The van der Waals surface area contributed by atoms with Gasteiger partial charge in [-0.1, -0.05) is 53.7 Å². The Bertz CT molecular complexity index is 356. The van der Waals surface area contributed by atoms with E-state index in [9.17, 15) is 0 Å². The zero-order valence-electron chi connectivity index (χ0n) is 9.88. The van der Waals surface area contributed by atoms with Gasteiger partial charge in [-0.05, 0) is 36.5 Å². The summed E-state index contributed by atoms with van der Waals surface area (Å²) in [5.41, 5.74) is 8.93. The van der Waals surface area contributed by atoms with E-state index in [4.69, 9.17) is 5.73 Å². The van der Waals surface area contributed by atoms with Crippen molar-refractivity contribution in [1.82, 2.24) is 0 Å². The molecule has 1 atom stereocenters. The van der Waals surface area contributed by atoms with Crippen LogP contribution in [0.25, 0.3) is 0 Å². The van der Waals surface area contributed by atoms with Crippen LogP contribution >= 0.6 is 15.9 Å². The SMILES string of the molecule is Cc1c(Br)cccc1C(N)CC1CCCC1. The van der Waals surface area contributed by atoms with Gasteiger partial charge in [0.25, 0.3) is 0 Å². The van der Waals surface area contributed by atoms with Crippen LogP contribution in [0.1, 0.15) is 49.3 Å². The minimum absolute atomic E-state index is 0.209. The molecule has 1 unspecified atom stereocenters. The average Bonchev–Trinajstić information content (AvgIpc) is 2.74. The largest absolute Gasteiger partial charge is 0.324 e. The number of hydrogen-bond acceptors (Lipinski definition) is 1. The molecule has 0 amide bonds. The number of benzene rings is 1. The van der Waals surface area contributed by atoms with Crippen molar-refractivity contribution in [3.05, 3.63) is 33.8 Å². The van der Waals surface area contributed by atoms with Gasteiger partial charge in [-0.25, -0.2) is 0 Å². The fraction of sp³-hybridized carbons (Fsp3) is 0.571. The Morgan fingerprint density at radius 1 is 1.38 bits per heavy atom. The van der Waals surface area contributed by atoms with Crippen LogP contribution in [0.2, 0.25) is 0 Å². The van der Waals surface area contributed by atoms with E-state index in [1.54, 1.807) is 0 Å². The molecule has 2 heteroatoms. The Morgan fingerprint density at radius 2 is 2.06 bits per heavy atom. The summed E-state index contributed by atoms with van der Waals surface area (Å²) in [6.45, 7) is 2.15. The third-order valence-corrected chi connectivity index (χ3v) is 4.63. The Morgan fingerprint density at radius 3 is 2.75 bits per heavy atom. The highest BCUT2D eigenvalue weighted by Crippen LogP contribution is 2.33. The van der Waals surface area contributed by atoms with Gasteiger partial charge in [0.05, 0.1) is 0 Å². The lowest BCUT2D eigenvalue weighted by Gasteiger charge is -2.19. The van der Waals surface area contributed by atoms with Crippen molar-refractivity contribution in [3.8, 4) is 0 Å². The molecule has 1 aromatic carbocycles. The summed E-state index contributed by atoms with van der Waals surface area (Å²) in [7, 11) is 0. The summed E-state index contributed by atoms with van der Waals surface area (Å²) in [5, 5.41) is 0. The fourth-order valence-corrected chi connectivity index (χ4v) is 3.14. The minimum Gasteiger partial charge on any atom is -0.324 e. The molecule has 1 nitrogen and oxygen atoms in total. The van der Waals surface area contributed by atoms with Gasteiger partial charge in [-0.15, -0.1) is 0 Å². The summed E-state index contributed by atoms with van der Waals surface area (Å²) >= 11 is 3.57. The molecule has 0 radical (unpaired) electrons. The predicted molar refractivity (Wildman–Crippen MR) is 72.4 cm³/mol. The molecule has 1 aromatic rings. The van der Waals surface area contributed by atoms with E-state index in [1.165, 1.54) is 41.3 Å². The highest BCUT2D eigenvalue weighted by atomic mass is 79.9. The first-order chi connectivity index (χ1) is 7.68. The zero-order valence-corrected chi connectivity index (χ0v) is 11.5. The third-order valence-electron chi connectivity index (χ3n) is 3.77. The minimum atomic E-state index is 0.209. The van der Waals surface area contributed by atoms with E-state index in [1.807, 2.05) is 0 Å². The molecule has 1 aliphatic carbocycles. The smallest absolute Gasteiger partial charge is 0.0300 e. The van der Waals surface area contributed by atoms with Gasteiger partial charge in [0.2, 0.25) is 0 Å². The van der Waals surface area contributed by atoms with Crippen molar-refractivity contribution in [2.75, 3.05) is 0 Å². The molecule has 2 N–H and O–H groups in total. The Balaban J connectivity index is 2.07. The standard InChI is InChI=1S/C14H20BrN/c1-10-12(7-4-8-13(10)15)14(16)9-11-5-2-3-6-11/h4,7-8,11,14H,2-3,5-6,9,16H2,1H3. The molecule has 1 saturated carbocycles. The molecular weight excluding hydrogens is 262 g/mol. The van der Waals surface area contributed by atoms with Gasteiger partial charge in [-0.3, -0.25) is 0 Å². The Kier molecular flexibility index (Phi) is 4.04. The van der Waals surface area contributed by atoms with Crippen LogP contribution in [0.3, 0.4) is 0 Å². The quantitative estimate of drug-likeness (QED) is 0.877. The van der Waals surface area contributed by atoms with Crippen LogP contribution in [-0.4, -0.2) is 0 Å². The molecule has 1 aliphatic rings. The zero-order chi connectivity index (χ0) is 11.5. The number of nitrogens with two attached hydrogens (primary N) is 1. The highest BCUT2D eigenvalue weighted by Gasteiger charge is 2.20. The molecule has 16 heavy (non-hydrogen) atoms. The maximum atomic E-state index is 6.32. The van der Waals surface area contributed by atoms with Gasteiger partial charge in [0, 0.05) is 10.5 Å². The summed E-state index contributed by atoms with van der Waals surface area (Å²) in [4.78, 5) is 0. The van der Waals surface area contributed by atoms with E-state index in [2.05, 4.69) is 41.1 Å². The molecular formula is C14H20BrN. The second-order valence-electron chi connectivity index (χ2n) is 4.95. The predicted octanol–water partition coefficient (Wildman–Crippen LogP) is 4.34. The van der Waals surface area contributed by atoms with E-state index in [0.717, 1.165) is 12.3 Å². The van der Waals surface area contributed by atoms with Crippen LogP contribution < -0.4 is 5.73 Å². The van der Waals surface area contributed by atoms with Crippen LogP contribution in [0.15, 0.2) is 22.7 Å². The topological polar surface area (TPSA) is 26.0 Å². The van der Waals surface area contributed by atoms with Crippen LogP contribution in [0.4, 0.5) is 0 Å². The van der Waals surface area contributed by atoms with Crippen LogP contribution in [0.5, 0.6) is 0 Å². The maximum absolute atomic E-state index is 6.32. The van der Waals surface area contributed by atoms with E-state index < -0.39 is 0 Å². The van der Waals surface area contributed by atoms with Gasteiger partial charge in [-0.2, -0.15) is 0 Å². The van der Waals surface area contributed by atoms with E-state index >= 15 is 0 Å². The Hall–Kier alpha value is -0.340. The maximum Gasteiger partial charge on any atom is 0.0300 e. The first-order valence-electron chi connectivity index (χ1n) is 6.19. The van der Waals surface area contributed by atoms with Crippen molar-refractivity contribution < 1.29 is 0 Å². The van der Waals surface area contributed by atoms with Crippen LogP contribution in [-0.2, 0) is 0 Å². The lowest BCUT2D eigenvalue weighted by atomic mass is 9.92. The van der Waals surface area contributed by atoms with Crippen molar-refractivity contribution in [3.63, 3.8) is 0 Å². The first-order valence-corrected chi connectivity index (χ1v) is 6.98. The highest BCUT2D eigenvalue weighted by molar-refractivity contribution is 9.10. The molecule has 0 heterocycles. The Labute approximate surface area is 107 Å². The second kappa shape index (κ2) is 5.33. The summed E-state index contributed by atoms with van der Waals surface area (Å²) in [6.07, 6.45) is 6.70. The molecule has 1 fully saturated rings. The number of rotatable bonds is 3. The van der Waals surface area contributed by atoms with Crippen LogP contribution in [0, 0.1) is 12.8 Å². The van der Waals surface area contributed by atoms with Gasteiger partial charge >= 0.3 is 0 Å². The fourth-order valence-electron chi connectivity index (χ4n) is 2.76. The molecule has 2 rings (SSSR count). The van der Waals surface area contributed by atoms with Gasteiger partial charge in [0.15, 0.2) is 0 Å². The molecule has 0 aliphatic heterocycles. The second-order valence-corrected chi connectivity index (χ2v) is 5.80. The van der Waals surface area contributed by atoms with Crippen molar-refractivity contribution in [2.24, 2.45) is 11.7 Å². The number of hydrogen-bond donors (Lipinski definition) is 1. The first kappa shape index (κ1) is 12.1. The third kappa shape index (κ3) is 2.67. The summed E-state index contributed by atoms with van der Waals surface area (Å²) in [5.74, 6) is 0.855. The molecule has 0 bridgehead atoms. The summed E-state index contributed by atoms with van der Waals surface area (Å²) in [6, 6.07) is 6.54. The molecule has 0 saturated heterocycles. The van der Waals surface area contributed by atoms with Crippen molar-refractivity contribution >= 4 is 15.9 Å². The molecule has 0 spiro atoms. The number of halogens is 1. The monoisotopic (exact) mass is 281 g/mol. The van der Waals surface area contributed by atoms with E-state index in [-0.39, 0.29) is 6.04 Å². The summed E-state index contributed by atoms with van der Waals surface area (Å²) < 4.78 is 1.17. The normalized spacial score (nSPS) is 18.9. The van der Waals surface area contributed by atoms with Gasteiger partial charge in [0.1, 0.15) is 0 Å². The molecule has 0 aromatic heterocycles. The van der Waals surface area contributed by atoms with Gasteiger partial charge < -0.3 is 5.73 Å². The van der Waals surface area contributed by atoms with E-state index in [0.29, 0.717) is 0 Å². The molecule has 88 valence electrons.